The van der Waals surface area contributed by atoms with E-state index in [0.29, 0.717) is 23.7 Å². The number of carbonyl (C=O) groups excluding carboxylic acids is 1. The van der Waals surface area contributed by atoms with Crippen molar-refractivity contribution in [3.63, 3.8) is 0 Å². The van der Waals surface area contributed by atoms with Crippen LogP contribution in [0.25, 0.3) is 0 Å². The molecule has 0 aliphatic heterocycles. The van der Waals surface area contributed by atoms with Crippen molar-refractivity contribution in [2.45, 2.75) is 44.0 Å². The van der Waals surface area contributed by atoms with Gasteiger partial charge >= 0.3 is 0 Å². The third kappa shape index (κ3) is 7.72. The molecule has 32 heavy (non-hydrogen) atoms. The van der Waals surface area contributed by atoms with Crippen molar-refractivity contribution in [3.05, 3.63) is 48.0 Å². The molecule has 8 nitrogen and oxygen atoms in total. The van der Waals surface area contributed by atoms with Gasteiger partial charge in [-0.2, -0.15) is 0 Å². The topological polar surface area (TPSA) is 103 Å². The fraction of sp³-hybridized carbons (Fsp3) is 0.435. The van der Waals surface area contributed by atoms with Crippen LogP contribution in [0.2, 0.25) is 0 Å². The van der Waals surface area contributed by atoms with E-state index in [1.165, 1.54) is 24.3 Å². The number of amides is 1. The zero-order valence-electron chi connectivity index (χ0n) is 19.0. The van der Waals surface area contributed by atoms with E-state index in [-0.39, 0.29) is 30.0 Å². The molecule has 9 heteroatoms. The summed E-state index contributed by atoms with van der Waals surface area (Å²) in [5, 5.41) is 2.85. The van der Waals surface area contributed by atoms with Gasteiger partial charge in [0.25, 0.3) is 5.91 Å². The summed E-state index contributed by atoms with van der Waals surface area (Å²) in [7, 11) is -0.557. The minimum Gasteiger partial charge on any atom is -0.493 e. The van der Waals surface area contributed by atoms with E-state index >= 15 is 0 Å². The predicted octanol–water partition coefficient (Wildman–Crippen LogP) is 2.91. The Morgan fingerprint density at radius 3 is 2.34 bits per heavy atom. The van der Waals surface area contributed by atoms with Crippen LogP contribution >= 0.6 is 0 Å². The van der Waals surface area contributed by atoms with Crippen molar-refractivity contribution >= 4 is 15.9 Å². The van der Waals surface area contributed by atoms with Gasteiger partial charge in [-0.3, -0.25) is 4.79 Å². The molecule has 1 atom stereocenters. The molecule has 2 rings (SSSR count). The van der Waals surface area contributed by atoms with Gasteiger partial charge in [0.2, 0.25) is 10.0 Å². The molecule has 0 bridgehead atoms. The number of sulfonamides is 1. The Hall–Kier alpha value is -2.78. The zero-order valence-corrected chi connectivity index (χ0v) is 19.8. The van der Waals surface area contributed by atoms with Crippen molar-refractivity contribution in [2.75, 3.05) is 27.4 Å². The molecule has 0 unspecified atom stereocenters. The van der Waals surface area contributed by atoms with Crippen LogP contribution in [0.3, 0.4) is 0 Å². The summed E-state index contributed by atoms with van der Waals surface area (Å²) >= 11 is 0. The first-order chi connectivity index (χ1) is 15.3. The van der Waals surface area contributed by atoms with Crippen LogP contribution in [-0.2, 0) is 21.2 Å². The maximum Gasteiger partial charge on any atom is 0.258 e. The Bertz CT molecular complexity index is 976. The summed E-state index contributed by atoms with van der Waals surface area (Å²) in [6.07, 6.45) is 2.38. The molecule has 0 saturated carbocycles. The van der Waals surface area contributed by atoms with Crippen LogP contribution in [0, 0.1) is 0 Å². The Kier molecular flexibility index (Phi) is 9.80. The van der Waals surface area contributed by atoms with E-state index in [9.17, 15) is 13.2 Å². The number of hydrogen-bond acceptors (Lipinski definition) is 6. The van der Waals surface area contributed by atoms with E-state index < -0.39 is 10.0 Å². The SMILES string of the molecule is CCC[C@H](C)NC(=O)COc1ccc(S(=O)(=O)NCCc2ccc(OC)c(OC)c2)cc1. The molecular weight excluding hydrogens is 432 g/mol. The lowest BCUT2D eigenvalue weighted by Crippen LogP contribution is -2.35. The van der Waals surface area contributed by atoms with Crippen LogP contribution < -0.4 is 24.2 Å². The lowest BCUT2D eigenvalue weighted by molar-refractivity contribution is -0.123. The summed E-state index contributed by atoms with van der Waals surface area (Å²) in [6, 6.07) is 11.5. The second-order valence-electron chi connectivity index (χ2n) is 7.35. The third-order valence-electron chi connectivity index (χ3n) is 4.79. The van der Waals surface area contributed by atoms with Crippen molar-refractivity contribution in [3.8, 4) is 17.2 Å². The van der Waals surface area contributed by atoms with Crippen molar-refractivity contribution in [2.24, 2.45) is 0 Å². The highest BCUT2D eigenvalue weighted by molar-refractivity contribution is 7.89. The van der Waals surface area contributed by atoms with Crippen molar-refractivity contribution < 1.29 is 27.4 Å². The molecule has 1 amide bonds. The van der Waals surface area contributed by atoms with E-state index in [1.54, 1.807) is 20.3 Å². The van der Waals surface area contributed by atoms with Gasteiger partial charge in [-0.15, -0.1) is 0 Å². The highest BCUT2D eigenvalue weighted by Crippen LogP contribution is 2.27. The first-order valence-electron chi connectivity index (χ1n) is 10.5. The number of benzene rings is 2. The predicted molar refractivity (Wildman–Crippen MR) is 123 cm³/mol. The molecule has 0 saturated heterocycles. The van der Waals surface area contributed by atoms with Gasteiger partial charge in [-0.25, -0.2) is 13.1 Å². The van der Waals surface area contributed by atoms with Gasteiger partial charge in [0.1, 0.15) is 5.75 Å². The zero-order chi connectivity index (χ0) is 23.6. The molecular formula is C23H32N2O6S. The van der Waals surface area contributed by atoms with Crippen molar-refractivity contribution in [1.82, 2.24) is 10.0 Å². The highest BCUT2D eigenvalue weighted by atomic mass is 32.2. The summed E-state index contributed by atoms with van der Waals surface area (Å²) in [4.78, 5) is 12.0. The van der Waals surface area contributed by atoms with E-state index in [0.717, 1.165) is 18.4 Å². The van der Waals surface area contributed by atoms with Crippen LogP contribution in [0.15, 0.2) is 47.4 Å². The first-order valence-corrected chi connectivity index (χ1v) is 12.0. The summed E-state index contributed by atoms with van der Waals surface area (Å²) in [6.45, 7) is 4.11. The Labute approximate surface area is 190 Å². The van der Waals surface area contributed by atoms with Gasteiger partial charge < -0.3 is 19.5 Å². The largest absolute Gasteiger partial charge is 0.493 e. The van der Waals surface area contributed by atoms with Crippen LogP contribution in [0.4, 0.5) is 0 Å². The summed E-state index contributed by atoms with van der Waals surface area (Å²) in [5.74, 6) is 1.43. The fourth-order valence-electron chi connectivity index (χ4n) is 3.13. The molecule has 0 aliphatic rings. The number of methoxy groups -OCH3 is 2. The molecule has 2 aromatic carbocycles. The first kappa shape index (κ1) is 25.5. The second kappa shape index (κ2) is 12.3. The maximum absolute atomic E-state index is 12.5. The second-order valence-corrected chi connectivity index (χ2v) is 9.12. The molecule has 0 aromatic heterocycles. The smallest absolute Gasteiger partial charge is 0.258 e. The van der Waals surface area contributed by atoms with Gasteiger partial charge in [-0.05, 0) is 61.7 Å². The number of rotatable bonds is 13. The van der Waals surface area contributed by atoms with Gasteiger partial charge in [-0.1, -0.05) is 19.4 Å². The summed E-state index contributed by atoms with van der Waals surface area (Å²) < 4.78 is 43.6. The van der Waals surface area contributed by atoms with Crippen molar-refractivity contribution in [1.29, 1.82) is 0 Å². The fourth-order valence-corrected chi connectivity index (χ4v) is 4.17. The minimum atomic E-state index is -3.67. The number of carbonyl (C=O) groups is 1. The normalized spacial score (nSPS) is 12.1. The number of nitrogens with one attached hydrogen (secondary N) is 2. The monoisotopic (exact) mass is 464 g/mol. The summed E-state index contributed by atoms with van der Waals surface area (Å²) in [5.41, 5.74) is 0.917. The maximum atomic E-state index is 12.5. The van der Waals surface area contributed by atoms with Crippen LogP contribution in [-0.4, -0.2) is 47.7 Å². The molecule has 0 fully saturated rings. The van der Waals surface area contributed by atoms with E-state index in [1.807, 2.05) is 19.1 Å². The molecule has 0 radical (unpaired) electrons. The van der Waals surface area contributed by atoms with Crippen LogP contribution in [0.1, 0.15) is 32.3 Å². The van der Waals surface area contributed by atoms with Gasteiger partial charge in [0.15, 0.2) is 18.1 Å². The standard InChI is InChI=1S/C23H32N2O6S/c1-5-6-17(2)25-23(26)16-31-19-8-10-20(11-9-19)32(27,28)24-14-13-18-7-12-21(29-3)22(15-18)30-4/h7-12,15,17,24H,5-6,13-14,16H2,1-4H3,(H,25,26)/t17-/m0/s1. The molecule has 0 heterocycles. The Morgan fingerprint density at radius 1 is 1.03 bits per heavy atom. The van der Waals surface area contributed by atoms with Gasteiger partial charge in [0.05, 0.1) is 19.1 Å². The molecule has 0 spiro atoms. The average Bonchev–Trinajstić information content (AvgIpc) is 2.78. The van der Waals surface area contributed by atoms with Crippen LogP contribution in [0.5, 0.6) is 17.2 Å². The molecule has 2 N–H and O–H groups in total. The number of hydrogen-bond donors (Lipinski definition) is 2. The lowest BCUT2D eigenvalue weighted by atomic mass is 10.1. The van der Waals surface area contributed by atoms with Gasteiger partial charge in [0, 0.05) is 12.6 Å². The quantitative estimate of drug-likeness (QED) is 0.473. The third-order valence-corrected chi connectivity index (χ3v) is 6.26. The minimum absolute atomic E-state index is 0.0914. The Balaban J connectivity index is 1.86. The average molecular weight is 465 g/mol. The molecule has 2 aromatic rings. The lowest BCUT2D eigenvalue weighted by Gasteiger charge is -2.13. The molecule has 0 aliphatic carbocycles. The molecule has 176 valence electrons. The van der Waals surface area contributed by atoms with E-state index in [2.05, 4.69) is 17.0 Å². The van der Waals surface area contributed by atoms with E-state index in [4.69, 9.17) is 14.2 Å². The number of ether oxygens (including phenoxy) is 3. The highest BCUT2D eigenvalue weighted by Gasteiger charge is 2.14. The Morgan fingerprint density at radius 2 is 1.72 bits per heavy atom.